The molecule has 0 saturated carbocycles. The minimum Gasteiger partial charge on any atom is -0.497 e. The first-order chi connectivity index (χ1) is 13.1. The van der Waals surface area contributed by atoms with Crippen molar-refractivity contribution < 1.29 is 9.47 Å². The third kappa shape index (κ3) is 3.12. The average molecular weight is 360 g/mol. The SMILES string of the molecule is COc1ccc(COc2ccc3c(c2)c(=O)n(C)c2cnc(C)cc32)cc1. The number of hydrogen-bond donors (Lipinski definition) is 0. The fourth-order valence-electron chi connectivity index (χ4n) is 3.24. The van der Waals surface area contributed by atoms with Crippen molar-refractivity contribution >= 4 is 21.7 Å². The highest BCUT2D eigenvalue weighted by atomic mass is 16.5. The van der Waals surface area contributed by atoms with Crippen LogP contribution >= 0.6 is 0 Å². The van der Waals surface area contributed by atoms with E-state index in [2.05, 4.69) is 4.98 Å². The van der Waals surface area contributed by atoms with Crippen LogP contribution in [-0.4, -0.2) is 16.7 Å². The molecular formula is C22H20N2O3. The van der Waals surface area contributed by atoms with E-state index >= 15 is 0 Å². The number of pyridine rings is 2. The Kier molecular flexibility index (Phi) is 4.28. The van der Waals surface area contributed by atoms with Gasteiger partial charge < -0.3 is 14.0 Å². The molecule has 5 heteroatoms. The van der Waals surface area contributed by atoms with Crippen LogP contribution in [0, 0.1) is 6.92 Å². The molecule has 0 radical (unpaired) electrons. The van der Waals surface area contributed by atoms with Crippen molar-refractivity contribution in [1.29, 1.82) is 0 Å². The van der Waals surface area contributed by atoms with E-state index in [1.807, 2.05) is 55.5 Å². The number of aromatic nitrogens is 2. The number of nitrogens with zero attached hydrogens (tertiary/aromatic N) is 2. The summed E-state index contributed by atoms with van der Waals surface area (Å²) in [6.45, 7) is 2.37. The molecule has 0 aliphatic rings. The molecule has 0 unspecified atom stereocenters. The number of aryl methyl sites for hydroxylation is 2. The summed E-state index contributed by atoms with van der Waals surface area (Å²) < 4.78 is 12.7. The molecule has 0 amide bonds. The topological polar surface area (TPSA) is 53.4 Å². The molecule has 2 heterocycles. The quantitative estimate of drug-likeness (QED) is 0.517. The van der Waals surface area contributed by atoms with Gasteiger partial charge >= 0.3 is 0 Å². The van der Waals surface area contributed by atoms with Gasteiger partial charge in [-0.3, -0.25) is 9.78 Å². The van der Waals surface area contributed by atoms with Gasteiger partial charge in [-0.2, -0.15) is 0 Å². The Balaban J connectivity index is 1.72. The second kappa shape index (κ2) is 6.76. The van der Waals surface area contributed by atoms with Gasteiger partial charge in [-0.15, -0.1) is 0 Å². The summed E-state index contributed by atoms with van der Waals surface area (Å²) in [4.78, 5) is 17.1. The van der Waals surface area contributed by atoms with Gasteiger partial charge in [-0.05, 0) is 54.3 Å². The van der Waals surface area contributed by atoms with Crippen molar-refractivity contribution in [3.8, 4) is 11.5 Å². The van der Waals surface area contributed by atoms with Crippen LogP contribution in [0.3, 0.4) is 0 Å². The maximum atomic E-state index is 12.8. The molecule has 2 aromatic carbocycles. The van der Waals surface area contributed by atoms with Crippen molar-refractivity contribution in [3.63, 3.8) is 0 Å². The number of rotatable bonds is 4. The molecule has 0 aliphatic heterocycles. The summed E-state index contributed by atoms with van der Waals surface area (Å²) in [5, 5.41) is 2.57. The van der Waals surface area contributed by atoms with Crippen LogP contribution < -0.4 is 15.0 Å². The summed E-state index contributed by atoms with van der Waals surface area (Å²) in [5.74, 6) is 1.48. The van der Waals surface area contributed by atoms with E-state index in [9.17, 15) is 4.79 Å². The van der Waals surface area contributed by atoms with Crippen molar-refractivity contribution in [2.24, 2.45) is 7.05 Å². The smallest absolute Gasteiger partial charge is 0.258 e. The van der Waals surface area contributed by atoms with Crippen molar-refractivity contribution in [2.45, 2.75) is 13.5 Å². The zero-order chi connectivity index (χ0) is 19.0. The summed E-state index contributed by atoms with van der Waals surface area (Å²) in [6, 6.07) is 15.4. The van der Waals surface area contributed by atoms with Gasteiger partial charge in [0.2, 0.25) is 0 Å². The Bertz CT molecular complexity index is 1190. The molecule has 0 atom stereocenters. The molecule has 5 nitrogen and oxygen atoms in total. The van der Waals surface area contributed by atoms with Crippen molar-refractivity contribution in [1.82, 2.24) is 9.55 Å². The number of methoxy groups -OCH3 is 1. The Morgan fingerprint density at radius 2 is 1.70 bits per heavy atom. The lowest BCUT2D eigenvalue weighted by Crippen LogP contribution is -2.17. The maximum absolute atomic E-state index is 12.8. The van der Waals surface area contributed by atoms with Crippen LogP contribution in [0.1, 0.15) is 11.3 Å². The molecule has 0 spiro atoms. The predicted molar refractivity (Wildman–Crippen MR) is 107 cm³/mol. The molecule has 27 heavy (non-hydrogen) atoms. The monoisotopic (exact) mass is 360 g/mol. The Hall–Kier alpha value is -3.34. The molecular weight excluding hydrogens is 340 g/mol. The molecule has 2 aromatic heterocycles. The largest absolute Gasteiger partial charge is 0.497 e. The third-order valence-electron chi connectivity index (χ3n) is 4.76. The minimum absolute atomic E-state index is 0.0574. The fourth-order valence-corrected chi connectivity index (χ4v) is 3.24. The summed E-state index contributed by atoms with van der Waals surface area (Å²) in [7, 11) is 3.41. The van der Waals surface area contributed by atoms with Crippen LogP contribution in [0.25, 0.3) is 21.7 Å². The van der Waals surface area contributed by atoms with E-state index in [1.54, 1.807) is 24.9 Å². The maximum Gasteiger partial charge on any atom is 0.258 e. The number of benzene rings is 2. The van der Waals surface area contributed by atoms with E-state index in [1.165, 1.54) is 0 Å². The van der Waals surface area contributed by atoms with Gasteiger partial charge in [0.05, 0.1) is 24.2 Å². The van der Waals surface area contributed by atoms with Gasteiger partial charge in [0.25, 0.3) is 5.56 Å². The van der Waals surface area contributed by atoms with E-state index in [0.29, 0.717) is 17.7 Å². The van der Waals surface area contributed by atoms with E-state index in [4.69, 9.17) is 9.47 Å². The molecule has 0 fully saturated rings. The highest BCUT2D eigenvalue weighted by Gasteiger charge is 2.10. The molecule has 0 aliphatic carbocycles. The Morgan fingerprint density at radius 1 is 0.963 bits per heavy atom. The number of ether oxygens (including phenoxy) is 2. The van der Waals surface area contributed by atoms with E-state index in [0.717, 1.165) is 33.3 Å². The molecule has 0 bridgehead atoms. The normalized spacial score (nSPS) is 11.1. The van der Waals surface area contributed by atoms with Crippen LogP contribution in [0.2, 0.25) is 0 Å². The fraction of sp³-hybridized carbons (Fsp3) is 0.182. The minimum atomic E-state index is -0.0574. The molecule has 0 N–H and O–H groups in total. The van der Waals surface area contributed by atoms with Gasteiger partial charge in [0, 0.05) is 18.1 Å². The summed E-state index contributed by atoms with van der Waals surface area (Å²) in [5.41, 5.74) is 2.72. The Morgan fingerprint density at radius 3 is 2.44 bits per heavy atom. The summed E-state index contributed by atoms with van der Waals surface area (Å²) in [6.07, 6.45) is 1.75. The number of fused-ring (bicyclic) bond motifs is 3. The lowest BCUT2D eigenvalue weighted by Gasteiger charge is -2.11. The lowest BCUT2D eigenvalue weighted by molar-refractivity contribution is 0.306. The number of hydrogen-bond acceptors (Lipinski definition) is 4. The molecule has 136 valence electrons. The van der Waals surface area contributed by atoms with Crippen LogP contribution in [0.5, 0.6) is 11.5 Å². The summed E-state index contributed by atoms with van der Waals surface area (Å²) >= 11 is 0. The van der Waals surface area contributed by atoms with Gasteiger partial charge in [-0.1, -0.05) is 12.1 Å². The first-order valence-corrected chi connectivity index (χ1v) is 8.71. The van der Waals surface area contributed by atoms with E-state index in [-0.39, 0.29) is 5.56 Å². The zero-order valence-electron chi connectivity index (χ0n) is 15.5. The van der Waals surface area contributed by atoms with Crippen LogP contribution in [0.4, 0.5) is 0 Å². The van der Waals surface area contributed by atoms with Crippen molar-refractivity contribution in [3.05, 3.63) is 76.3 Å². The second-order valence-corrected chi connectivity index (χ2v) is 6.55. The highest BCUT2D eigenvalue weighted by Crippen LogP contribution is 2.26. The highest BCUT2D eigenvalue weighted by molar-refractivity contribution is 6.05. The molecule has 4 rings (SSSR count). The van der Waals surface area contributed by atoms with E-state index < -0.39 is 0 Å². The second-order valence-electron chi connectivity index (χ2n) is 6.55. The van der Waals surface area contributed by atoms with Gasteiger partial charge in [-0.25, -0.2) is 0 Å². The third-order valence-corrected chi connectivity index (χ3v) is 4.76. The zero-order valence-corrected chi connectivity index (χ0v) is 15.5. The van der Waals surface area contributed by atoms with Gasteiger partial charge in [0.1, 0.15) is 18.1 Å². The molecule has 0 saturated heterocycles. The Labute approximate surface area is 156 Å². The van der Waals surface area contributed by atoms with Crippen LogP contribution in [-0.2, 0) is 13.7 Å². The van der Waals surface area contributed by atoms with Crippen molar-refractivity contribution in [2.75, 3.05) is 7.11 Å². The first kappa shape index (κ1) is 17.1. The molecule has 4 aromatic rings. The van der Waals surface area contributed by atoms with Gasteiger partial charge in [0.15, 0.2) is 0 Å². The lowest BCUT2D eigenvalue weighted by atomic mass is 10.1. The first-order valence-electron chi connectivity index (χ1n) is 8.71. The van der Waals surface area contributed by atoms with Crippen LogP contribution in [0.15, 0.2) is 59.5 Å². The average Bonchev–Trinajstić information content (AvgIpc) is 2.70. The predicted octanol–water partition coefficient (Wildman–Crippen LogP) is 3.98. The standard InChI is InChI=1S/C22H20N2O3/c1-14-10-19-18-9-8-17(27-13-15-4-6-16(26-3)7-5-15)11-20(18)22(25)24(2)21(19)12-23-14/h4-12H,13H2,1-3H3.